The molecule has 0 aliphatic rings. The number of amides is 1. The Hall–Kier alpha value is -0.570. The maximum absolute atomic E-state index is 13.2. The molecule has 0 bridgehead atoms. The third-order valence-corrected chi connectivity index (χ3v) is 6.57. The van der Waals surface area contributed by atoms with E-state index >= 15 is 0 Å². The molecule has 0 heterocycles. The first kappa shape index (κ1) is 30.4. The van der Waals surface area contributed by atoms with Gasteiger partial charge in [-0.25, -0.2) is 0 Å². The monoisotopic (exact) mass is 438 g/mol. The molecule has 186 valence electrons. The summed E-state index contributed by atoms with van der Waals surface area (Å²) in [5.74, 6) is 0.396. The van der Waals surface area contributed by atoms with Crippen molar-refractivity contribution in [3.63, 3.8) is 0 Å². The van der Waals surface area contributed by atoms with Gasteiger partial charge in [0, 0.05) is 25.6 Å². The number of carbonyl (C=O) groups is 1. The number of hydrogen-bond donors (Lipinski definition) is 0. The first-order chi connectivity index (χ1) is 15.1. The van der Waals surface area contributed by atoms with Gasteiger partial charge in [0.2, 0.25) is 5.91 Å². The molecule has 0 atom stereocenters. The first-order valence-electron chi connectivity index (χ1n) is 14.0. The molecule has 0 fully saturated rings. The number of hydrogen-bond acceptors (Lipinski definition) is 2. The summed E-state index contributed by atoms with van der Waals surface area (Å²) in [4.78, 5) is 17.7. The van der Waals surface area contributed by atoms with Crippen LogP contribution in [-0.2, 0) is 4.79 Å². The Balaban J connectivity index is 4.75. The molecule has 1 amide bonds. The molecule has 0 aliphatic heterocycles. The molecule has 0 rings (SSSR count). The minimum Gasteiger partial charge on any atom is -0.340 e. The zero-order valence-electron chi connectivity index (χ0n) is 22.2. The summed E-state index contributed by atoms with van der Waals surface area (Å²) < 4.78 is 0. The summed E-state index contributed by atoms with van der Waals surface area (Å²) in [5, 5.41) is 0. The number of nitrogens with zero attached hydrogens (tertiary/aromatic N) is 2. The summed E-state index contributed by atoms with van der Waals surface area (Å²) in [6.07, 6.45) is 24.1. The van der Waals surface area contributed by atoms with Gasteiger partial charge in [0.25, 0.3) is 0 Å². The van der Waals surface area contributed by atoms with Crippen molar-refractivity contribution in [2.24, 2.45) is 0 Å². The number of unbranched alkanes of at least 4 members (excludes halogenated alkanes) is 13. The third-order valence-electron chi connectivity index (χ3n) is 6.57. The SMILES string of the molecule is CCCCCCCCCCN(C(=O)CCN(C)C)C(CCCCCC)CCCCCC. The summed E-state index contributed by atoms with van der Waals surface area (Å²) in [7, 11) is 4.15. The Morgan fingerprint density at radius 3 is 1.45 bits per heavy atom. The molecule has 0 unspecified atom stereocenters. The van der Waals surface area contributed by atoms with Gasteiger partial charge in [0.15, 0.2) is 0 Å². The normalized spacial score (nSPS) is 11.6. The third kappa shape index (κ3) is 18.7. The van der Waals surface area contributed by atoms with E-state index in [0.29, 0.717) is 18.4 Å². The molecule has 0 aromatic rings. The summed E-state index contributed by atoms with van der Waals surface area (Å²) in [6.45, 7) is 8.69. The van der Waals surface area contributed by atoms with Crippen LogP contribution < -0.4 is 0 Å². The second-order valence-electron chi connectivity index (χ2n) is 9.97. The summed E-state index contributed by atoms with van der Waals surface area (Å²) in [6, 6.07) is 0.466. The van der Waals surface area contributed by atoms with Crippen molar-refractivity contribution in [1.82, 2.24) is 9.80 Å². The van der Waals surface area contributed by atoms with Gasteiger partial charge in [-0.3, -0.25) is 4.79 Å². The van der Waals surface area contributed by atoms with Crippen molar-refractivity contribution in [1.29, 1.82) is 0 Å². The lowest BCUT2D eigenvalue weighted by atomic mass is 9.98. The highest BCUT2D eigenvalue weighted by Gasteiger charge is 2.22. The van der Waals surface area contributed by atoms with Crippen molar-refractivity contribution >= 4 is 5.91 Å². The summed E-state index contributed by atoms with van der Waals surface area (Å²) >= 11 is 0. The van der Waals surface area contributed by atoms with E-state index in [1.54, 1.807) is 0 Å². The van der Waals surface area contributed by atoms with Crippen molar-refractivity contribution in [3.8, 4) is 0 Å². The maximum atomic E-state index is 13.2. The predicted molar refractivity (Wildman–Crippen MR) is 139 cm³/mol. The smallest absolute Gasteiger partial charge is 0.224 e. The van der Waals surface area contributed by atoms with E-state index in [1.807, 2.05) is 0 Å². The van der Waals surface area contributed by atoms with E-state index in [4.69, 9.17) is 0 Å². The standard InChI is InChI=1S/C28H58N2O/c1-6-9-12-15-16-17-18-21-25-30(28(31)24-26-29(4)5)27(22-19-13-10-7-2)23-20-14-11-8-3/h27H,6-26H2,1-5H3. The molecule has 0 N–H and O–H groups in total. The van der Waals surface area contributed by atoms with E-state index in [1.165, 1.54) is 116 Å². The van der Waals surface area contributed by atoms with Gasteiger partial charge in [0.05, 0.1) is 0 Å². The van der Waals surface area contributed by atoms with Crippen molar-refractivity contribution < 1.29 is 4.79 Å². The molecular formula is C28H58N2O. The Labute approximate surface area is 196 Å². The van der Waals surface area contributed by atoms with Gasteiger partial charge in [0.1, 0.15) is 0 Å². The molecule has 0 aliphatic carbocycles. The molecule has 3 nitrogen and oxygen atoms in total. The average molecular weight is 439 g/mol. The predicted octanol–water partition coefficient (Wildman–Crippen LogP) is 8.22. The molecule has 0 saturated carbocycles. The van der Waals surface area contributed by atoms with E-state index < -0.39 is 0 Å². The zero-order valence-corrected chi connectivity index (χ0v) is 22.2. The van der Waals surface area contributed by atoms with Crippen LogP contribution in [-0.4, -0.2) is 48.9 Å². The van der Waals surface area contributed by atoms with Crippen LogP contribution >= 0.6 is 0 Å². The van der Waals surface area contributed by atoms with Gasteiger partial charge in [-0.15, -0.1) is 0 Å². The molecule has 0 radical (unpaired) electrons. The number of carbonyl (C=O) groups excluding carboxylic acids is 1. The highest BCUT2D eigenvalue weighted by Crippen LogP contribution is 2.20. The number of rotatable bonds is 23. The highest BCUT2D eigenvalue weighted by molar-refractivity contribution is 5.76. The lowest BCUT2D eigenvalue weighted by Gasteiger charge is -2.33. The van der Waals surface area contributed by atoms with Crippen LogP contribution in [0.3, 0.4) is 0 Å². The molecule has 31 heavy (non-hydrogen) atoms. The minimum absolute atomic E-state index is 0.396. The quantitative estimate of drug-likeness (QED) is 0.150. The Morgan fingerprint density at radius 2 is 1.00 bits per heavy atom. The molecule has 3 heteroatoms. The van der Waals surface area contributed by atoms with Crippen LogP contribution in [0.1, 0.15) is 143 Å². The second kappa shape index (κ2) is 22.6. The van der Waals surface area contributed by atoms with Crippen molar-refractivity contribution in [3.05, 3.63) is 0 Å². The van der Waals surface area contributed by atoms with Gasteiger partial charge in [-0.05, 0) is 33.4 Å². The van der Waals surface area contributed by atoms with Crippen LogP contribution in [0.25, 0.3) is 0 Å². The molecule has 0 aromatic carbocycles. The van der Waals surface area contributed by atoms with Crippen LogP contribution in [0.2, 0.25) is 0 Å². The van der Waals surface area contributed by atoms with Crippen LogP contribution in [0.15, 0.2) is 0 Å². The largest absolute Gasteiger partial charge is 0.340 e. The second-order valence-corrected chi connectivity index (χ2v) is 9.97. The fourth-order valence-corrected chi connectivity index (χ4v) is 4.46. The fourth-order valence-electron chi connectivity index (χ4n) is 4.46. The van der Waals surface area contributed by atoms with Crippen LogP contribution in [0.5, 0.6) is 0 Å². The van der Waals surface area contributed by atoms with Gasteiger partial charge >= 0.3 is 0 Å². The molecular weight excluding hydrogens is 380 g/mol. The molecule has 0 aromatic heterocycles. The van der Waals surface area contributed by atoms with Gasteiger partial charge in [-0.1, -0.05) is 117 Å². The van der Waals surface area contributed by atoms with E-state index in [2.05, 4.69) is 44.7 Å². The fraction of sp³-hybridized carbons (Fsp3) is 0.964. The Bertz CT molecular complexity index is 371. The van der Waals surface area contributed by atoms with Crippen LogP contribution in [0.4, 0.5) is 0 Å². The lowest BCUT2D eigenvalue weighted by Crippen LogP contribution is -2.42. The van der Waals surface area contributed by atoms with E-state index in [9.17, 15) is 4.79 Å². The maximum Gasteiger partial charge on any atom is 0.224 e. The van der Waals surface area contributed by atoms with Crippen molar-refractivity contribution in [2.75, 3.05) is 27.2 Å². The molecule has 0 spiro atoms. The molecule has 0 saturated heterocycles. The summed E-state index contributed by atoms with van der Waals surface area (Å²) in [5.41, 5.74) is 0. The van der Waals surface area contributed by atoms with Crippen molar-refractivity contribution in [2.45, 2.75) is 149 Å². The van der Waals surface area contributed by atoms with Gasteiger partial charge in [-0.2, -0.15) is 0 Å². The minimum atomic E-state index is 0.396. The zero-order chi connectivity index (χ0) is 23.2. The first-order valence-corrected chi connectivity index (χ1v) is 14.0. The highest BCUT2D eigenvalue weighted by atomic mass is 16.2. The van der Waals surface area contributed by atoms with Crippen LogP contribution in [0, 0.1) is 0 Å². The lowest BCUT2D eigenvalue weighted by molar-refractivity contribution is -0.134. The average Bonchev–Trinajstić information content (AvgIpc) is 2.76. The van der Waals surface area contributed by atoms with E-state index in [0.717, 1.165) is 13.1 Å². The Kier molecular flexibility index (Phi) is 22.2. The van der Waals surface area contributed by atoms with Gasteiger partial charge < -0.3 is 9.80 Å². The van der Waals surface area contributed by atoms with E-state index in [-0.39, 0.29) is 0 Å². The Morgan fingerprint density at radius 1 is 0.581 bits per heavy atom. The topological polar surface area (TPSA) is 23.6 Å².